The molecule has 1 atom stereocenters. The first-order valence-corrected chi connectivity index (χ1v) is 8.30. The summed E-state index contributed by atoms with van der Waals surface area (Å²) in [7, 11) is 0. The minimum Gasteiger partial charge on any atom is -0.392 e. The van der Waals surface area contributed by atoms with Gasteiger partial charge in [0, 0.05) is 13.1 Å². The van der Waals surface area contributed by atoms with Crippen molar-refractivity contribution in [3.63, 3.8) is 0 Å². The number of hydrogen-bond donors (Lipinski definition) is 1. The molecule has 0 aromatic heterocycles. The summed E-state index contributed by atoms with van der Waals surface area (Å²) in [6, 6.07) is 8.79. The molecule has 1 aliphatic carbocycles. The zero-order valence-electron chi connectivity index (χ0n) is 12.4. The van der Waals surface area contributed by atoms with Crippen molar-refractivity contribution in [3.8, 4) is 0 Å². The molecule has 1 heterocycles. The molecule has 1 saturated carbocycles. The highest BCUT2D eigenvalue weighted by atomic mass is 16.3. The van der Waals surface area contributed by atoms with Gasteiger partial charge in [0.25, 0.3) is 0 Å². The number of rotatable bonds is 3. The average Bonchev–Trinajstić information content (AvgIpc) is 2.69. The van der Waals surface area contributed by atoms with Crippen LogP contribution in [-0.4, -0.2) is 29.2 Å². The first-order valence-electron chi connectivity index (χ1n) is 8.30. The molecular weight excluding hydrogens is 246 g/mol. The molecule has 0 amide bonds. The van der Waals surface area contributed by atoms with E-state index in [2.05, 4.69) is 29.2 Å². The van der Waals surface area contributed by atoms with E-state index in [1.165, 1.54) is 56.1 Å². The Labute approximate surface area is 122 Å². The third kappa shape index (κ3) is 3.42. The summed E-state index contributed by atoms with van der Waals surface area (Å²) in [6.07, 6.45) is 8.72. The van der Waals surface area contributed by atoms with E-state index < -0.39 is 0 Å². The lowest BCUT2D eigenvalue weighted by Gasteiger charge is -2.31. The second-order valence-corrected chi connectivity index (χ2v) is 6.57. The summed E-state index contributed by atoms with van der Waals surface area (Å²) in [5.41, 5.74) is 2.96. The summed E-state index contributed by atoms with van der Waals surface area (Å²) in [6.45, 7) is 3.00. The topological polar surface area (TPSA) is 23.5 Å². The van der Waals surface area contributed by atoms with Gasteiger partial charge in [0.05, 0.1) is 6.10 Å². The molecule has 1 fully saturated rings. The summed E-state index contributed by atoms with van der Waals surface area (Å²) >= 11 is 0. The molecule has 1 unspecified atom stereocenters. The number of nitrogens with zero attached hydrogens (tertiary/aromatic N) is 1. The van der Waals surface area contributed by atoms with Crippen LogP contribution in [0.1, 0.15) is 49.7 Å². The van der Waals surface area contributed by atoms with E-state index >= 15 is 0 Å². The summed E-state index contributed by atoms with van der Waals surface area (Å²) in [4.78, 5) is 2.46. The van der Waals surface area contributed by atoms with E-state index in [0.717, 1.165) is 19.6 Å². The van der Waals surface area contributed by atoms with Gasteiger partial charge in [-0.1, -0.05) is 43.5 Å². The zero-order valence-corrected chi connectivity index (χ0v) is 12.4. The minimum atomic E-state index is -0.124. The fourth-order valence-corrected chi connectivity index (χ4v) is 3.86. The molecule has 1 aromatic rings. The van der Waals surface area contributed by atoms with E-state index in [-0.39, 0.29) is 6.10 Å². The SMILES string of the molecule is OC(CN1CCCc2ccccc2C1)C1CCCCC1. The minimum absolute atomic E-state index is 0.124. The van der Waals surface area contributed by atoms with Crippen molar-refractivity contribution in [1.29, 1.82) is 0 Å². The van der Waals surface area contributed by atoms with Crippen molar-refractivity contribution in [1.82, 2.24) is 4.90 Å². The first-order chi connectivity index (χ1) is 9.83. The van der Waals surface area contributed by atoms with E-state index in [4.69, 9.17) is 0 Å². The predicted octanol–water partition coefficient (Wildman–Crippen LogP) is 3.38. The van der Waals surface area contributed by atoms with Gasteiger partial charge in [0.1, 0.15) is 0 Å². The van der Waals surface area contributed by atoms with Crippen LogP contribution in [-0.2, 0) is 13.0 Å². The largest absolute Gasteiger partial charge is 0.392 e. The zero-order chi connectivity index (χ0) is 13.8. The van der Waals surface area contributed by atoms with Crippen LogP contribution in [0.5, 0.6) is 0 Å². The van der Waals surface area contributed by atoms with Crippen LogP contribution in [0.15, 0.2) is 24.3 Å². The number of benzene rings is 1. The quantitative estimate of drug-likeness (QED) is 0.912. The lowest BCUT2D eigenvalue weighted by Crippen LogP contribution is -2.37. The Hall–Kier alpha value is -0.860. The van der Waals surface area contributed by atoms with Gasteiger partial charge in [-0.15, -0.1) is 0 Å². The van der Waals surface area contributed by atoms with Crippen molar-refractivity contribution >= 4 is 0 Å². The number of β-amino-alcohol motifs (C(OH)–C–C–N with tert-alkyl or cyclic N) is 1. The Kier molecular flexibility index (Phi) is 4.74. The number of aryl methyl sites for hydroxylation is 1. The second-order valence-electron chi connectivity index (χ2n) is 6.57. The smallest absolute Gasteiger partial charge is 0.0695 e. The van der Waals surface area contributed by atoms with Gasteiger partial charge in [-0.05, 0) is 49.3 Å². The molecule has 0 bridgehead atoms. The molecule has 1 aromatic carbocycles. The van der Waals surface area contributed by atoms with Gasteiger partial charge in [-0.25, -0.2) is 0 Å². The maximum atomic E-state index is 10.5. The van der Waals surface area contributed by atoms with Crippen molar-refractivity contribution in [3.05, 3.63) is 35.4 Å². The number of hydrogen-bond acceptors (Lipinski definition) is 2. The Bertz CT molecular complexity index is 425. The molecule has 1 aliphatic heterocycles. The van der Waals surface area contributed by atoms with Gasteiger partial charge < -0.3 is 5.11 Å². The van der Waals surface area contributed by atoms with Crippen molar-refractivity contribution in [2.45, 2.75) is 57.6 Å². The van der Waals surface area contributed by atoms with Gasteiger partial charge in [0.2, 0.25) is 0 Å². The fourth-order valence-electron chi connectivity index (χ4n) is 3.86. The third-order valence-electron chi connectivity index (χ3n) is 5.07. The highest BCUT2D eigenvalue weighted by molar-refractivity contribution is 5.28. The fraction of sp³-hybridized carbons (Fsp3) is 0.667. The van der Waals surface area contributed by atoms with E-state index in [1.54, 1.807) is 0 Å². The van der Waals surface area contributed by atoms with Crippen LogP contribution in [0, 0.1) is 5.92 Å². The van der Waals surface area contributed by atoms with Crippen molar-refractivity contribution < 1.29 is 5.11 Å². The lowest BCUT2D eigenvalue weighted by molar-refractivity contribution is 0.0456. The first kappa shape index (κ1) is 14.1. The maximum absolute atomic E-state index is 10.5. The van der Waals surface area contributed by atoms with Gasteiger partial charge >= 0.3 is 0 Å². The van der Waals surface area contributed by atoms with Crippen molar-refractivity contribution in [2.24, 2.45) is 5.92 Å². The molecule has 2 heteroatoms. The Balaban J connectivity index is 1.60. The summed E-state index contributed by atoms with van der Waals surface area (Å²) in [5, 5.41) is 10.5. The highest BCUT2D eigenvalue weighted by Crippen LogP contribution is 2.27. The molecule has 0 saturated heterocycles. The monoisotopic (exact) mass is 273 g/mol. The number of aliphatic hydroxyl groups excluding tert-OH is 1. The summed E-state index contributed by atoms with van der Waals surface area (Å²) < 4.78 is 0. The van der Waals surface area contributed by atoms with Crippen LogP contribution in [0.2, 0.25) is 0 Å². The van der Waals surface area contributed by atoms with Crippen molar-refractivity contribution in [2.75, 3.05) is 13.1 Å². The normalized spacial score (nSPS) is 23.1. The average molecular weight is 273 g/mol. The predicted molar refractivity (Wildman–Crippen MR) is 82.6 cm³/mol. The highest BCUT2D eigenvalue weighted by Gasteiger charge is 2.24. The molecule has 2 aliphatic rings. The van der Waals surface area contributed by atoms with Crippen LogP contribution in [0.25, 0.3) is 0 Å². The third-order valence-corrected chi connectivity index (χ3v) is 5.07. The molecule has 1 N–H and O–H groups in total. The standard InChI is InChI=1S/C18H27NO/c20-18(16-8-2-1-3-9-16)14-19-12-6-11-15-7-4-5-10-17(15)13-19/h4-5,7,10,16,18,20H,1-3,6,8-9,11-14H2. The van der Waals surface area contributed by atoms with Crippen LogP contribution in [0.3, 0.4) is 0 Å². The molecule has 20 heavy (non-hydrogen) atoms. The molecule has 0 radical (unpaired) electrons. The Morgan fingerprint density at radius 2 is 1.80 bits per heavy atom. The van der Waals surface area contributed by atoms with E-state index in [9.17, 15) is 5.11 Å². The molecule has 2 nitrogen and oxygen atoms in total. The molecule has 110 valence electrons. The van der Waals surface area contributed by atoms with Gasteiger partial charge in [0.15, 0.2) is 0 Å². The van der Waals surface area contributed by atoms with Crippen LogP contribution < -0.4 is 0 Å². The molecule has 0 spiro atoms. The van der Waals surface area contributed by atoms with Gasteiger partial charge in [-0.2, -0.15) is 0 Å². The van der Waals surface area contributed by atoms with Gasteiger partial charge in [-0.3, -0.25) is 4.90 Å². The molecular formula is C18H27NO. The van der Waals surface area contributed by atoms with Crippen LogP contribution >= 0.6 is 0 Å². The Morgan fingerprint density at radius 1 is 1.05 bits per heavy atom. The maximum Gasteiger partial charge on any atom is 0.0695 e. The Morgan fingerprint density at radius 3 is 2.60 bits per heavy atom. The van der Waals surface area contributed by atoms with Crippen LogP contribution in [0.4, 0.5) is 0 Å². The van der Waals surface area contributed by atoms with E-state index in [1.807, 2.05) is 0 Å². The second kappa shape index (κ2) is 6.73. The number of fused-ring (bicyclic) bond motifs is 1. The lowest BCUT2D eigenvalue weighted by atomic mass is 9.85. The summed E-state index contributed by atoms with van der Waals surface area (Å²) in [5.74, 6) is 0.544. The molecule has 3 rings (SSSR count). The van der Waals surface area contributed by atoms with E-state index in [0.29, 0.717) is 5.92 Å². The number of aliphatic hydroxyl groups is 1.